The van der Waals surface area contributed by atoms with Crippen LogP contribution in [-0.4, -0.2) is 31.1 Å². The lowest BCUT2D eigenvalue weighted by molar-refractivity contribution is -0.117. The molecule has 4 aromatic rings. The molecule has 0 unspecified atom stereocenters. The Morgan fingerprint density at radius 3 is 2.70 bits per heavy atom. The van der Waals surface area contributed by atoms with Gasteiger partial charge in [-0.25, -0.2) is 4.98 Å². The smallest absolute Gasteiger partial charge is 0.249 e. The van der Waals surface area contributed by atoms with E-state index >= 15 is 0 Å². The minimum Gasteiger partial charge on any atom is -0.300 e. The van der Waals surface area contributed by atoms with Crippen LogP contribution in [0.5, 0.6) is 0 Å². The van der Waals surface area contributed by atoms with Gasteiger partial charge in [0.2, 0.25) is 11.7 Å². The Hall–Kier alpha value is -3.39. The Morgan fingerprint density at radius 2 is 1.89 bits per heavy atom. The van der Waals surface area contributed by atoms with Crippen LogP contribution < -0.4 is 5.32 Å². The monoisotopic (exact) mass is 376 g/mol. The molecule has 27 heavy (non-hydrogen) atoms. The fourth-order valence-corrected chi connectivity index (χ4v) is 3.34. The maximum atomic E-state index is 12.3. The Kier molecular flexibility index (Phi) is 4.71. The number of rotatable bonds is 5. The fourth-order valence-electron chi connectivity index (χ4n) is 2.62. The highest BCUT2D eigenvalue weighted by molar-refractivity contribution is 7.14. The molecular weight excluding hydrogens is 360 g/mol. The van der Waals surface area contributed by atoms with Crippen LogP contribution in [-0.2, 0) is 11.3 Å². The van der Waals surface area contributed by atoms with E-state index in [1.165, 1.54) is 16.1 Å². The van der Waals surface area contributed by atoms with Gasteiger partial charge in [-0.1, -0.05) is 54.6 Å². The number of hydrogen-bond acceptors (Lipinski definition) is 6. The molecule has 0 saturated carbocycles. The van der Waals surface area contributed by atoms with Crippen LogP contribution in [0.2, 0.25) is 0 Å². The van der Waals surface area contributed by atoms with Crippen molar-refractivity contribution in [1.82, 2.24) is 25.2 Å². The summed E-state index contributed by atoms with van der Waals surface area (Å²) in [6.07, 6.45) is 0. The molecule has 7 nitrogen and oxygen atoms in total. The third-order valence-electron chi connectivity index (χ3n) is 3.94. The first-order valence-electron chi connectivity index (χ1n) is 8.33. The van der Waals surface area contributed by atoms with Crippen LogP contribution in [0.25, 0.3) is 22.6 Å². The molecule has 0 spiro atoms. The van der Waals surface area contributed by atoms with Crippen LogP contribution in [0, 0.1) is 6.92 Å². The second kappa shape index (κ2) is 7.46. The highest BCUT2D eigenvalue weighted by Gasteiger charge is 2.12. The van der Waals surface area contributed by atoms with Gasteiger partial charge in [0.25, 0.3) is 0 Å². The first-order valence-corrected chi connectivity index (χ1v) is 9.21. The quantitative estimate of drug-likeness (QED) is 0.577. The van der Waals surface area contributed by atoms with Gasteiger partial charge in [-0.2, -0.15) is 4.80 Å². The van der Waals surface area contributed by atoms with E-state index < -0.39 is 0 Å². The van der Waals surface area contributed by atoms with Crippen LogP contribution in [0.15, 0.2) is 60.0 Å². The van der Waals surface area contributed by atoms with Crippen LogP contribution in [0.1, 0.15) is 5.56 Å². The number of amides is 1. The molecule has 2 aromatic heterocycles. The number of aryl methyl sites for hydroxylation is 1. The SMILES string of the molecule is Cc1ccccc1-c1csc(NC(=O)Cn2nnc(-c3ccccc3)n2)n1. The Labute approximate surface area is 159 Å². The van der Waals surface area contributed by atoms with Crippen molar-refractivity contribution in [2.75, 3.05) is 5.32 Å². The first kappa shape index (κ1) is 17.0. The van der Waals surface area contributed by atoms with Crippen LogP contribution in [0.4, 0.5) is 5.13 Å². The van der Waals surface area contributed by atoms with Gasteiger partial charge in [0.15, 0.2) is 5.13 Å². The van der Waals surface area contributed by atoms with Gasteiger partial charge in [-0.15, -0.1) is 21.5 Å². The van der Waals surface area contributed by atoms with Crippen molar-refractivity contribution < 1.29 is 4.79 Å². The van der Waals surface area contributed by atoms with Gasteiger partial charge in [0, 0.05) is 16.5 Å². The average molecular weight is 376 g/mol. The van der Waals surface area contributed by atoms with Gasteiger partial charge in [-0.05, 0) is 17.7 Å². The summed E-state index contributed by atoms with van der Waals surface area (Å²) in [5.41, 5.74) is 3.89. The third kappa shape index (κ3) is 3.90. The molecule has 4 rings (SSSR count). The lowest BCUT2D eigenvalue weighted by Gasteiger charge is -2.02. The van der Waals surface area contributed by atoms with Crippen molar-refractivity contribution in [3.8, 4) is 22.6 Å². The molecule has 0 aliphatic carbocycles. The minimum absolute atomic E-state index is 0.0287. The number of carbonyl (C=O) groups is 1. The van der Waals surface area contributed by atoms with Crippen LogP contribution in [0.3, 0.4) is 0 Å². The zero-order valence-corrected chi connectivity index (χ0v) is 15.3. The van der Waals surface area contributed by atoms with E-state index in [4.69, 9.17) is 0 Å². The number of thiazole rings is 1. The van der Waals surface area contributed by atoms with Gasteiger partial charge in [0.1, 0.15) is 6.54 Å². The summed E-state index contributed by atoms with van der Waals surface area (Å²) in [6, 6.07) is 17.5. The molecule has 1 N–H and O–H groups in total. The molecule has 0 saturated heterocycles. The van der Waals surface area contributed by atoms with Crippen molar-refractivity contribution in [3.63, 3.8) is 0 Å². The summed E-state index contributed by atoms with van der Waals surface area (Å²) in [4.78, 5) is 18.0. The predicted octanol–water partition coefficient (Wildman–Crippen LogP) is 3.41. The summed E-state index contributed by atoms with van der Waals surface area (Å²) in [6.45, 7) is 2.01. The van der Waals surface area contributed by atoms with E-state index in [-0.39, 0.29) is 12.5 Å². The molecule has 134 valence electrons. The van der Waals surface area contributed by atoms with Crippen LogP contribution >= 0.6 is 11.3 Å². The number of nitrogens with one attached hydrogen (secondary N) is 1. The summed E-state index contributed by atoms with van der Waals surface area (Å²) >= 11 is 1.39. The zero-order valence-electron chi connectivity index (χ0n) is 14.5. The summed E-state index contributed by atoms with van der Waals surface area (Å²) in [7, 11) is 0. The number of tetrazole rings is 1. The largest absolute Gasteiger partial charge is 0.300 e. The van der Waals surface area contributed by atoms with E-state index in [0.717, 1.165) is 22.4 Å². The molecule has 0 atom stereocenters. The summed E-state index contributed by atoms with van der Waals surface area (Å²) in [5.74, 6) is 0.234. The first-order chi connectivity index (χ1) is 13.2. The summed E-state index contributed by atoms with van der Waals surface area (Å²) < 4.78 is 0. The van der Waals surface area contributed by atoms with Gasteiger partial charge < -0.3 is 5.32 Å². The van der Waals surface area contributed by atoms with Gasteiger partial charge >= 0.3 is 0 Å². The molecule has 1 amide bonds. The molecule has 2 aromatic carbocycles. The number of carbonyl (C=O) groups excluding carboxylic acids is 1. The van der Waals surface area contributed by atoms with Gasteiger partial charge in [-0.3, -0.25) is 4.79 Å². The van der Waals surface area contributed by atoms with E-state index in [1.807, 2.05) is 66.9 Å². The lowest BCUT2D eigenvalue weighted by atomic mass is 10.1. The minimum atomic E-state index is -0.252. The third-order valence-corrected chi connectivity index (χ3v) is 4.70. The van der Waals surface area contributed by atoms with E-state index in [9.17, 15) is 4.79 Å². The Morgan fingerprint density at radius 1 is 1.11 bits per heavy atom. The maximum absolute atomic E-state index is 12.3. The van der Waals surface area contributed by atoms with Crippen molar-refractivity contribution in [1.29, 1.82) is 0 Å². The molecule has 8 heteroatoms. The predicted molar refractivity (Wildman–Crippen MR) is 104 cm³/mol. The van der Waals surface area contributed by atoms with Crippen molar-refractivity contribution in [3.05, 3.63) is 65.5 Å². The topological polar surface area (TPSA) is 85.6 Å². The number of nitrogens with zero attached hydrogens (tertiary/aromatic N) is 5. The normalized spacial score (nSPS) is 10.7. The molecule has 0 aliphatic heterocycles. The highest BCUT2D eigenvalue weighted by Crippen LogP contribution is 2.27. The lowest BCUT2D eigenvalue weighted by Crippen LogP contribution is -2.20. The second-order valence-corrected chi connectivity index (χ2v) is 6.77. The molecule has 2 heterocycles. The molecule has 0 radical (unpaired) electrons. The zero-order chi connectivity index (χ0) is 18.6. The standard InChI is InChI=1S/C19H16N6OS/c1-13-7-5-6-10-15(13)16-12-27-19(20-16)21-17(26)11-25-23-18(22-24-25)14-8-3-2-4-9-14/h2-10,12H,11H2,1H3,(H,20,21,26). The number of anilines is 1. The van der Waals surface area contributed by atoms with E-state index in [2.05, 4.69) is 25.7 Å². The molecule has 0 aliphatic rings. The maximum Gasteiger partial charge on any atom is 0.249 e. The summed E-state index contributed by atoms with van der Waals surface area (Å²) in [5, 5.41) is 17.4. The number of benzene rings is 2. The molecule has 0 fully saturated rings. The van der Waals surface area contributed by atoms with Crippen molar-refractivity contribution >= 4 is 22.4 Å². The Balaban J connectivity index is 1.42. The fraction of sp³-hybridized carbons (Fsp3) is 0.105. The second-order valence-electron chi connectivity index (χ2n) is 5.91. The number of aromatic nitrogens is 5. The highest BCUT2D eigenvalue weighted by atomic mass is 32.1. The molecular formula is C19H16N6OS. The van der Waals surface area contributed by atoms with E-state index in [1.54, 1.807) is 0 Å². The van der Waals surface area contributed by atoms with E-state index in [0.29, 0.717) is 11.0 Å². The Bertz CT molecular complexity index is 1070. The van der Waals surface area contributed by atoms with Crippen molar-refractivity contribution in [2.45, 2.75) is 13.5 Å². The molecule has 0 bridgehead atoms. The number of hydrogen-bond donors (Lipinski definition) is 1. The van der Waals surface area contributed by atoms with Gasteiger partial charge in [0.05, 0.1) is 5.69 Å². The average Bonchev–Trinajstić information content (AvgIpc) is 3.33. The van der Waals surface area contributed by atoms with Crippen molar-refractivity contribution in [2.24, 2.45) is 0 Å².